The van der Waals surface area contributed by atoms with Gasteiger partial charge in [0, 0.05) is 25.1 Å². The van der Waals surface area contributed by atoms with Crippen LogP contribution in [0.1, 0.15) is 32.8 Å². The molecule has 0 saturated carbocycles. The molecule has 0 bridgehead atoms. The molecule has 1 atom stereocenters. The van der Waals surface area contributed by atoms with Gasteiger partial charge in [-0.1, -0.05) is 39.0 Å². The third-order valence-electron chi connectivity index (χ3n) is 3.79. The Bertz CT molecular complexity index is 578. The summed E-state index contributed by atoms with van der Waals surface area (Å²) in [4.78, 5) is 26.1. The van der Waals surface area contributed by atoms with Gasteiger partial charge in [0.1, 0.15) is 5.75 Å². The standard InChI is InChI=1S/C18H26N2O3/c1-18(2,3)12-20-11-14(10-17(20)22)19-16(21)9-13-7-5-6-8-15(13)23-4/h5-8,14H,9-12H2,1-4H3,(H,19,21). The Morgan fingerprint density at radius 1 is 1.35 bits per heavy atom. The van der Waals surface area contributed by atoms with E-state index in [0.717, 1.165) is 5.56 Å². The van der Waals surface area contributed by atoms with Crippen LogP contribution in [-0.4, -0.2) is 43.0 Å². The van der Waals surface area contributed by atoms with E-state index in [0.29, 0.717) is 25.3 Å². The zero-order chi connectivity index (χ0) is 17.0. The number of carbonyl (C=O) groups excluding carboxylic acids is 2. The second-order valence-electron chi connectivity index (χ2n) is 7.29. The Labute approximate surface area is 138 Å². The van der Waals surface area contributed by atoms with Crippen molar-refractivity contribution >= 4 is 11.8 Å². The second kappa shape index (κ2) is 7.02. The minimum Gasteiger partial charge on any atom is -0.496 e. The molecule has 0 aliphatic carbocycles. The Kier molecular flexibility index (Phi) is 5.29. The molecule has 126 valence electrons. The summed E-state index contributed by atoms with van der Waals surface area (Å²) in [5.74, 6) is 0.743. The molecule has 23 heavy (non-hydrogen) atoms. The average Bonchev–Trinajstić information content (AvgIpc) is 2.77. The maximum Gasteiger partial charge on any atom is 0.224 e. The Morgan fingerprint density at radius 2 is 2.04 bits per heavy atom. The smallest absolute Gasteiger partial charge is 0.224 e. The highest BCUT2D eigenvalue weighted by molar-refractivity contribution is 5.83. The maximum atomic E-state index is 12.2. The van der Waals surface area contributed by atoms with Gasteiger partial charge >= 0.3 is 0 Å². The van der Waals surface area contributed by atoms with E-state index in [2.05, 4.69) is 26.1 Å². The molecule has 1 saturated heterocycles. The van der Waals surface area contributed by atoms with Gasteiger partial charge in [0.05, 0.1) is 19.6 Å². The predicted molar refractivity (Wildman–Crippen MR) is 89.3 cm³/mol. The first-order valence-electron chi connectivity index (χ1n) is 7.97. The average molecular weight is 318 g/mol. The van der Waals surface area contributed by atoms with Crippen LogP contribution in [0.15, 0.2) is 24.3 Å². The normalized spacial score (nSPS) is 18.2. The van der Waals surface area contributed by atoms with E-state index in [1.165, 1.54) is 0 Å². The maximum absolute atomic E-state index is 12.2. The first kappa shape index (κ1) is 17.3. The van der Waals surface area contributed by atoms with E-state index in [-0.39, 0.29) is 29.7 Å². The second-order valence-corrected chi connectivity index (χ2v) is 7.29. The van der Waals surface area contributed by atoms with Crippen LogP contribution in [0.25, 0.3) is 0 Å². The van der Waals surface area contributed by atoms with Crippen molar-refractivity contribution in [1.29, 1.82) is 0 Å². The summed E-state index contributed by atoms with van der Waals surface area (Å²) in [6.45, 7) is 7.62. The van der Waals surface area contributed by atoms with Gasteiger partial charge in [0.25, 0.3) is 0 Å². The van der Waals surface area contributed by atoms with Gasteiger partial charge in [0.2, 0.25) is 11.8 Å². The molecule has 1 heterocycles. The summed E-state index contributed by atoms with van der Waals surface area (Å²) in [6, 6.07) is 7.37. The van der Waals surface area contributed by atoms with Crippen molar-refractivity contribution in [2.75, 3.05) is 20.2 Å². The van der Waals surface area contributed by atoms with E-state index < -0.39 is 0 Å². The zero-order valence-corrected chi connectivity index (χ0v) is 14.4. The lowest BCUT2D eigenvalue weighted by Gasteiger charge is -2.26. The molecule has 1 aliphatic heterocycles. The lowest BCUT2D eigenvalue weighted by molar-refractivity contribution is -0.128. The zero-order valence-electron chi connectivity index (χ0n) is 14.4. The number of carbonyl (C=O) groups is 2. The van der Waals surface area contributed by atoms with Gasteiger partial charge in [-0.15, -0.1) is 0 Å². The number of hydrogen-bond acceptors (Lipinski definition) is 3. The van der Waals surface area contributed by atoms with E-state index in [4.69, 9.17) is 4.74 Å². The number of nitrogens with zero attached hydrogens (tertiary/aromatic N) is 1. The summed E-state index contributed by atoms with van der Waals surface area (Å²) in [6.07, 6.45) is 0.641. The SMILES string of the molecule is COc1ccccc1CC(=O)NC1CC(=O)N(CC(C)(C)C)C1. The quantitative estimate of drug-likeness (QED) is 0.903. The molecule has 1 N–H and O–H groups in total. The van der Waals surface area contributed by atoms with Crippen molar-refractivity contribution in [3.63, 3.8) is 0 Å². The first-order chi connectivity index (χ1) is 10.8. The van der Waals surface area contributed by atoms with Crippen molar-refractivity contribution in [1.82, 2.24) is 10.2 Å². The fourth-order valence-corrected chi connectivity index (χ4v) is 2.89. The van der Waals surface area contributed by atoms with E-state index >= 15 is 0 Å². The van der Waals surface area contributed by atoms with Crippen molar-refractivity contribution in [2.24, 2.45) is 5.41 Å². The highest BCUT2D eigenvalue weighted by Gasteiger charge is 2.32. The van der Waals surface area contributed by atoms with Crippen LogP contribution in [0.5, 0.6) is 5.75 Å². The number of likely N-dealkylation sites (tertiary alicyclic amines) is 1. The predicted octanol–water partition coefficient (Wildman–Crippen LogP) is 2.00. The molecule has 1 aliphatic rings. The first-order valence-corrected chi connectivity index (χ1v) is 7.97. The molecule has 5 nitrogen and oxygen atoms in total. The van der Waals surface area contributed by atoms with Gasteiger partial charge in [-0.25, -0.2) is 0 Å². The van der Waals surface area contributed by atoms with E-state index in [1.54, 1.807) is 7.11 Å². The third-order valence-corrected chi connectivity index (χ3v) is 3.79. The molecular weight excluding hydrogens is 292 g/mol. The highest BCUT2D eigenvalue weighted by atomic mass is 16.5. The van der Waals surface area contributed by atoms with Crippen LogP contribution in [0.3, 0.4) is 0 Å². The topological polar surface area (TPSA) is 58.6 Å². The summed E-state index contributed by atoms with van der Waals surface area (Å²) < 4.78 is 5.26. The molecule has 1 unspecified atom stereocenters. The van der Waals surface area contributed by atoms with Crippen LogP contribution in [0, 0.1) is 5.41 Å². The van der Waals surface area contributed by atoms with Crippen molar-refractivity contribution in [3.8, 4) is 5.75 Å². The largest absolute Gasteiger partial charge is 0.496 e. The fraction of sp³-hybridized carbons (Fsp3) is 0.556. The van der Waals surface area contributed by atoms with Crippen LogP contribution >= 0.6 is 0 Å². The molecule has 5 heteroatoms. The number of hydrogen-bond donors (Lipinski definition) is 1. The Balaban J connectivity index is 1.90. The number of amides is 2. The number of rotatable bonds is 5. The third kappa shape index (κ3) is 4.98. The lowest BCUT2D eigenvalue weighted by Crippen LogP contribution is -2.39. The Morgan fingerprint density at radius 3 is 2.70 bits per heavy atom. The number of nitrogens with one attached hydrogen (secondary N) is 1. The summed E-state index contributed by atoms with van der Waals surface area (Å²) >= 11 is 0. The molecule has 1 aromatic carbocycles. The Hall–Kier alpha value is -2.04. The highest BCUT2D eigenvalue weighted by Crippen LogP contribution is 2.21. The molecule has 2 rings (SSSR count). The number of methoxy groups -OCH3 is 1. The van der Waals surface area contributed by atoms with E-state index in [9.17, 15) is 9.59 Å². The van der Waals surface area contributed by atoms with Crippen LogP contribution in [-0.2, 0) is 16.0 Å². The van der Waals surface area contributed by atoms with Gasteiger partial charge in [-0.2, -0.15) is 0 Å². The van der Waals surface area contributed by atoms with Crippen molar-refractivity contribution < 1.29 is 14.3 Å². The van der Waals surface area contributed by atoms with Crippen LogP contribution in [0.2, 0.25) is 0 Å². The number of ether oxygens (including phenoxy) is 1. The van der Waals surface area contributed by atoms with Gasteiger partial charge in [-0.3, -0.25) is 9.59 Å². The van der Waals surface area contributed by atoms with Gasteiger partial charge < -0.3 is 15.0 Å². The summed E-state index contributed by atoms with van der Waals surface area (Å²) in [7, 11) is 1.59. The minimum atomic E-state index is -0.105. The van der Waals surface area contributed by atoms with Crippen molar-refractivity contribution in [2.45, 2.75) is 39.7 Å². The summed E-state index contributed by atoms with van der Waals surface area (Å²) in [5.41, 5.74) is 0.912. The minimum absolute atomic E-state index is 0.0615. The van der Waals surface area contributed by atoms with E-state index in [1.807, 2.05) is 29.2 Å². The molecule has 2 amide bonds. The van der Waals surface area contributed by atoms with Crippen LogP contribution in [0.4, 0.5) is 0 Å². The molecule has 0 aromatic heterocycles. The monoisotopic (exact) mass is 318 g/mol. The van der Waals surface area contributed by atoms with Crippen molar-refractivity contribution in [3.05, 3.63) is 29.8 Å². The van der Waals surface area contributed by atoms with Gasteiger partial charge in [-0.05, 0) is 11.5 Å². The molecular formula is C18H26N2O3. The molecule has 0 spiro atoms. The summed E-state index contributed by atoms with van der Waals surface area (Å²) in [5, 5.41) is 2.97. The molecule has 0 radical (unpaired) electrons. The fourth-order valence-electron chi connectivity index (χ4n) is 2.89. The molecule has 1 aromatic rings. The van der Waals surface area contributed by atoms with Crippen LogP contribution < -0.4 is 10.1 Å². The van der Waals surface area contributed by atoms with Gasteiger partial charge in [0.15, 0.2) is 0 Å². The number of para-hydroxylation sites is 1. The molecule has 1 fully saturated rings. The lowest BCUT2D eigenvalue weighted by atomic mass is 9.96. The number of benzene rings is 1.